The van der Waals surface area contributed by atoms with Crippen molar-refractivity contribution in [3.63, 3.8) is 0 Å². The van der Waals surface area contributed by atoms with Gasteiger partial charge in [0.2, 0.25) is 0 Å². The van der Waals surface area contributed by atoms with E-state index < -0.39 is 0 Å². The topological polar surface area (TPSA) is 58.3 Å². The molecule has 2 unspecified atom stereocenters. The Morgan fingerprint density at radius 2 is 2.00 bits per heavy atom. The lowest BCUT2D eigenvalue weighted by Gasteiger charge is -2.37. The number of nitrogens with one attached hydrogen (secondary N) is 1. The van der Waals surface area contributed by atoms with E-state index in [-0.39, 0.29) is 0 Å². The maximum absolute atomic E-state index is 7.86. The quantitative estimate of drug-likeness (QED) is 0.632. The molecule has 2 atom stereocenters. The van der Waals surface area contributed by atoms with E-state index in [1.54, 1.807) is 0 Å². The molecule has 134 valence electrons. The lowest BCUT2D eigenvalue weighted by molar-refractivity contribution is 0.255. The SMILES string of the molecule is C/N=C(/CC1CN=C(CC2CCCN(C(C)=N)C2)N1C)N1CCC1. The fourth-order valence-electron chi connectivity index (χ4n) is 4.01. The van der Waals surface area contributed by atoms with Crippen LogP contribution in [0.25, 0.3) is 0 Å². The molecular weight excluding hydrogens is 300 g/mol. The highest BCUT2D eigenvalue weighted by molar-refractivity contribution is 5.87. The Morgan fingerprint density at radius 1 is 1.25 bits per heavy atom. The van der Waals surface area contributed by atoms with Crippen molar-refractivity contribution in [3.8, 4) is 0 Å². The van der Waals surface area contributed by atoms with Gasteiger partial charge in [0.05, 0.1) is 24.3 Å². The normalized spacial score (nSPS) is 28.0. The molecular formula is C18H32N6. The Labute approximate surface area is 146 Å². The van der Waals surface area contributed by atoms with Crippen molar-refractivity contribution in [1.29, 1.82) is 5.41 Å². The van der Waals surface area contributed by atoms with Crippen molar-refractivity contribution in [3.05, 3.63) is 0 Å². The highest BCUT2D eigenvalue weighted by Gasteiger charge is 2.31. The number of aliphatic imine (C=N–C) groups is 2. The minimum atomic E-state index is 0.462. The Hall–Kier alpha value is -1.59. The third-order valence-corrected chi connectivity index (χ3v) is 5.80. The van der Waals surface area contributed by atoms with Gasteiger partial charge in [-0.25, -0.2) is 0 Å². The smallest absolute Gasteiger partial charge is 0.101 e. The highest BCUT2D eigenvalue weighted by atomic mass is 15.3. The summed E-state index contributed by atoms with van der Waals surface area (Å²) in [7, 11) is 4.11. The number of rotatable bonds is 4. The molecule has 0 aromatic heterocycles. The Morgan fingerprint density at radius 3 is 2.62 bits per heavy atom. The zero-order valence-corrected chi connectivity index (χ0v) is 15.5. The molecule has 1 N–H and O–H groups in total. The lowest BCUT2D eigenvalue weighted by Crippen LogP contribution is -2.46. The summed E-state index contributed by atoms with van der Waals surface area (Å²) >= 11 is 0. The van der Waals surface area contributed by atoms with Gasteiger partial charge in [-0.3, -0.25) is 15.4 Å². The van der Waals surface area contributed by atoms with Gasteiger partial charge in [0.1, 0.15) is 5.84 Å². The van der Waals surface area contributed by atoms with Gasteiger partial charge in [-0.1, -0.05) is 0 Å². The largest absolute Gasteiger partial charge is 0.361 e. The summed E-state index contributed by atoms with van der Waals surface area (Å²) in [6.45, 7) is 7.19. The van der Waals surface area contributed by atoms with Gasteiger partial charge in [0, 0.05) is 53.1 Å². The van der Waals surface area contributed by atoms with Crippen LogP contribution in [-0.4, -0.2) is 85.1 Å². The zero-order valence-electron chi connectivity index (χ0n) is 15.5. The summed E-state index contributed by atoms with van der Waals surface area (Å²) in [5.41, 5.74) is 0. The Balaban J connectivity index is 1.52. The molecule has 24 heavy (non-hydrogen) atoms. The summed E-state index contributed by atoms with van der Waals surface area (Å²) < 4.78 is 0. The van der Waals surface area contributed by atoms with E-state index in [2.05, 4.69) is 26.7 Å². The Bertz CT molecular complexity index is 522. The molecule has 2 fully saturated rings. The van der Waals surface area contributed by atoms with E-state index in [9.17, 15) is 0 Å². The molecule has 6 heteroatoms. The van der Waals surface area contributed by atoms with Crippen LogP contribution < -0.4 is 0 Å². The molecule has 3 rings (SSSR count). The number of likely N-dealkylation sites (N-methyl/N-ethyl adjacent to an activating group) is 1. The maximum atomic E-state index is 7.86. The van der Waals surface area contributed by atoms with Crippen LogP contribution in [0.15, 0.2) is 9.98 Å². The molecule has 0 radical (unpaired) electrons. The monoisotopic (exact) mass is 332 g/mol. The Kier molecular flexibility index (Phi) is 5.41. The standard InChI is InChI=1S/C18H32N6/c1-14(19)24-7-4-6-15(13-24)10-18-21-12-16(22(18)3)11-17(20-2)23-8-5-9-23/h15-16,19H,4-13H2,1-3H3/b19-14?,20-17-. The van der Waals surface area contributed by atoms with E-state index in [1.807, 2.05) is 14.0 Å². The molecule has 0 saturated carbocycles. The van der Waals surface area contributed by atoms with Crippen LogP contribution >= 0.6 is 0 Å². The van der Waals surface area contributed by atoms with Gasteiger partial charge in [0.15, 0.2) is 0 Å². The first-order chi connectivity index (χ1) is 11.6. The average Bonchev–Trinajstić information content (AvgIpc) is 2.86. The summed E-state index contributed by atoms with van der Waals surface area (Å²) in [4.78, 5) is 16.4. The van der Waals surface area contributed by atoms with Gasteiger partial charge >= 0.3 is 0 Å². The van der Waals surface area contributed by atoms with E-state index in [0.717, 1.165) is 45.6 Å². The number of piperidine rings is 1. The van der Waals surface area contributed by atoms with E-state index in [1.165, 1.54) is 30.9 Å². The first-order valence-corrected chi connectivity index (χ1v) is 9.35. The summed E-state index contributed by atoms with van der Waals surface area (Å²) in [6.07, 6.45) is 5.82. The molecule has 0 aromatic rings. The first-order valence-electron chi connectivity index (χ1n) is 9.35. The fraction of sp³-hybridized carbons (Fsp3) is 0.833. The molecule has 2 saturated heterocycles. The van der Waals surface area contributed by atoms with E-state index in [4.69, 9.17) is 10.4 Å². The van der Waals surface area contributed by atoms with Crippen molar-refractivity contribution in [1.82, 2.24) is 14.7 Å². The predicted octanol–water partition coefficient (Wildman–Crippen LogP) is 1.92. The molecule has 3 aliphatic rings. The molecule has 0 aromatic carbocycles. The molecule has 0 spiro atoms. The third-order valence-electron chi connectivity index (χ3n) is 5.80. The van der Waals surface area contributed by atoms with Crippen LogP contribution in [0.2, 0.25) is 0 Å². The van der Waals surface area contributed by atoms with Crippen molar-refractivity contribution < 1.29 is 0 Å². The lowest BCUT2D eigenvalue weighted by atomic mass is 9.94. The third kappa shape index (κ3) is 3.73. The van der Waals surface area contributed by atoms with Crippen molar-refractivity contribution in [2.75, 3.05) is 46.8 Å². The van der Waals surface area contributed by atoms with Gasteiger partial charge in [-0.2, -0.15) is 0 Å². The molecule has 3 aliphatic heterocycles. The van der Waals surface area contributed by atoms with E-state index >= 15 is 0 Å². The molecule has 0 bridgehead atoms. The molecule has 0 aliphatic carbocycles. The average molecular weight is 332 g/mol. The van der Waals surface area contributed by atoms with Crippen molar-refractivity contribution in [2.24, 2.45) is 15.9 Å². The van der Waals surface area contributed by atoms with Crippen molar-refractivity contribution in [2.45, 2.75) is 45.1 Å². The number of likely N-dealkylation sites (tertiary alicyclic amines) is 2. The van der Waals surface area contributed by atoms with Crippen LogP contribution in [-0.2, 0) is 0 Å². The summed E-state index contributed by atoms with van der Waals surface area (Å²) in [5, 5.41) is 7.86. The van der Waals surface area contributed by atoms with Crippen molar-refractivity contribution >= 4 is 17.5 Å². The highest BCUT2D eigenvalue weighted by Crippen LogP contribution is 2.24. The van der Waals surface area contributed by atoms with Gasteiger partial charge < -0.3 is 14.7 Å². The summed E-state index contributed by atoms with van der Waals surface area (Å²) in [5.74, 6) is 3.85. The molecule has 0 amide bonds. The number of hydrogen-bond donors (Lipinski definition) is 1. The predicted molar refractivity (Wildman–Crippen MR) is 100 cm³/mol. The molecule has 3 heterocycles. The van der Waals surface area contributed by atoms with Crippen LogP contribution in [0.3, 0.4) is 0 Å². The number of amidine groups is 3. The van der Waals surface area contributed by atoms with E-state index in [0.29, 0.717) is 17.8 Å². The zero-order chi connectivity index (χ0) is 17.1. The van der Waals surface area contributed by atoms with Crippen LogP contribution in [0, 0.1) is 11.3 Å². The van der Waals surface area contributed by atoms with Gasteiger partial charge in [-0.15, -0.1) is 0 Å². The first kappa shape index (κ1) is 17.2. The fourth-order valence-corrected chi connectivity index (χ4v) is 4.01. The minimum absolute atomic E-state index is 0.462. The maximum Gasteiger partial charge on any atom is 0.101 e. The number of nitrogens with zero attached hydrogens (tertiary/aromatic N) is 5. The van der Waals surface area contributed by atoms with Crippen LogP contribution in [0.4, 0.5) is 0 Å². The second-order valence-electron chi connectivity index (χ2n) is 7.45. The molecule has 6 nitrogen and oxygen atoms in total. The van der Waals surface area contributed by atoms with Gasteiger partial charge in [-0.05, 0) is 32.1 Å². The second-order valence-corrected chi connectivity index (χ2v) is 7.45. The van der Waals surface area contributed by atoms with Crippen LogP contribution in [0.5, 0.6) is 0 Å². The minimum Gasteiger partial charge on any atom is -0.361 e. The second kappa shape index (κ2) is 7.53. The summed E-state index contributed by atoms with van der Waals surface area (Å²) in [6, 6.07) is 0.462. The van der Waals surface area contributed by atoms with Gasteiger partial charge in [0.25, 0.3) is 0 Å². The number of hydrogen-bond acceptors (Lipinski definition) is 4. The van der Waals surface area contributed by atoms with Crippen LogP contribution in [0.1, 0.15) is 39.0 Å².